The van der Waals surface area contributed by atoms with Crippen LogP contribution in [0.5, 0.6) is 5.75 Å². The van der Waals surface area contributed by atoms with Gasteiger partial charge in [0.2, 0.25) is 0 Å². The van der Waals surface area contributed by atoms with Crippen LogP contribution < -0.4 is 21.1 Å². The molecule has 3 heterocycles. The van der Waals surface area contributed by atoms with Gasteiger partial charge in [0.25, 0.3) is 11.8 Å². The first kappa shape index (κ1) is 28.3. The summed E-state index contributed by atoms with van der Waals surface area (Å²) in [6, 6.07) is 22.0. The van der Waals surface area contributed by atoms with Gasteiger partial charge in [-0.15, -0.1) is 12.4 Å². The first-order valence-electron chi connectivity index (χ1n) is 12.7. The van der Waals surface area contributed by atoms with Crippen LogP contribution in [0.1, 0.15) is 43.6 Å². The lowest BCUT2D eigenvalue weighted by Crippen LogP contribution is -2.26. The number of aromatic carboxylic acids is 1. The number of hydrogen-bond acceptors (Lipinski definition) is 7. The molecule has 0 bridgehead atoms. The minimum Gasteiger partial charge on any atom is -0.482 e. The molecule has 11 nitrogen and oxygen atoms in total. The number of carboxylic acid groups (broad SMARTS) is 1. The maximum absolute atomic E-state index is 12.5. The molecule has 0 saturated heterocycles. The summed E-state index contributed by atoms with van der Waals surface area (Å²) >= 11 is 0. The Bertz CT molecular complexity index is 1790. The van der Waals surface area contributed by atoms with Gasteiger partial charge in [0.1, 0.15) is 23.2 Å². The van der Waals surface area contributed by atoms with Crippen molar-refractivity contribution in [1.82, 2.24) is 20.3 Å². The topological polar surface area (TPSA) is 172 Å². The Hall–Kier alpha value is -5.26. The number of H-pyrrole nitrogens is 1. The number of fused-ring (bicyclic) bond motifs is 5. The van der Waals surface area contributed by atoms with Gasteiger partial charge in [-0.1, -0.05) is 54.6 Å². The summed E-state index contributed by atoms with van der Waals surface area (Å²) in [5, 5.41) is 14.6. The molecule has 0 unspecified atom stereocenters. The Labute approximate surface area is 245 Å². The molecule has 5 aromatic rings. The molecular weight excluding hydrogens is 560 g/mol. The molecule has 212 valence electrons. The lowest BCUT2D eigenvalue weighted by molar-refractivity contribution is -0.118. The number of anilines is 1. The molecule has 12 heteroatoms. The standard InChI is InChI=1S/C17H13N5O5.C13H11N.ClH/c23-12-6-27-11-2-1-8(3-10(11)22-12)4-19-16(24)15-14-13(20-7-21-15)9(5-18-14)17(25)26;14-13-11-7-3-1-5-9(11)10-6-2-4-8-12(10)13;/h1-3,5,7,18H,4,6H2,(H,19,24)(H,22,23)(H,25,26);1-8,13H,14H2;1H. The van der Waals surface area contributed by atoms with Crippen molar-refractivity contribution < 1.29 is 24.2 Å². The molecule has 1 aliphatic carbocycles. The number of amides is 2. The first-order chi connectivity index (χ1) is 19.9. The number of hydrogen-bond donors (Lipinski definition) is 5. The van der Waals surface area contributed by atoms with Crippen LogP contribution in [0.4, 0.5) is 5.69 Å². The lowest BCUT2D eigenvalue weighted by Gasteiger charge is -2.18. The molecule has 3 aromatic carbocycles. The molecule has 0 radical (unpaired) electrons. The van der Waals surface area contributed by atoms with Crippen molar-refractivity contribution in [1.29, 1.82) is 0 Å². The van der Waals surface area contributed by atoms with Crippen LogP contribution in [-0.4, -0.2) is 44.4 Å². The zero-order valence-corrected chi connectivity index (χ0v) is 22.8. The van der Waals surface area contributed by atoms with E-state index in [0.29, 0.717) is 11.4 Å². The highest BCUT2D eigenvalue weighted by atomic mass is 35.5. The summed E-state index contributed by atoms with van der Waals surface area (Å²) in [5.74, 6) is -1.31. The summed E-state index contributed by atoms with van der Waals surface area (Å²) in [6.07, 6.45) is 2.41. The molecule has 42 heavy (non-hydrogen) atoms. The van der Waals surface area contributed by atoms with Gasteiger partial charge < -0.3 is 31.2 Å². The fraction of sp³-hybridized carbons (Fsp3) is 0.100. The predicted molar refractivity (Wildman–Crippen MR) is 158 cm³/mol. The molecule has 0 atom stereocenters. The van der Waals surface area contributed by atoms with Gasteiger partial charge in [-0.2, -0.15) is 0 Å². The summed E-state index contributed by atoms with van der Waals surface area (Å²) < 4.78 is 5.29. The Morgan fingerprint density at radius 2 is 1.71 bits per heavy atom. The number of carbonyl (C=O) groups excluding carboxylic acids is 2. The smallest absolute Gasteiger partial charge is 0.339 e. The van der Waals surface area contributed by atoms with E-state index in [4.69, 9.17) is 15.6 Å². The van der Waals surface area contributed by atoms with E-state index < -0.39 is 11.9 Å². The molecule has 0 fully saturated rings. The van der Waals surface area contributed by atoms with E-state index in [9.17, 15) is 14.4 Å². The average molecular weight is 585 g/mol. The number of carbonyl (C=O) groups is 3. The summed E-state index contributed by atoms with van der Waals surface area (Å²) in [4.78, 5) is 45.7. The molecule has 6 N–H and O–H groups in total. The van der Waals surface area contributed by atoms with Gasteiger partial charge in [0.15, 0.2) is 12.3 Å². The zero-order chi connectivity index (χ0) is 28.5. The molecule has 2 aliphatic rings. The van der Waals surface area contributed by atoms with E-state index in [-0.39, 0.29) is 59.8 Å². The average Bonchev–Trinajstić information content (AvgIpc) is 3.56. The monoisotopic (exact) mass is 584 g/mol. The van der Waals surface area contributed by atoms with Crippen molar-refractivity contribution >= 4 is 46.9 Å². The third-order valence-corrected chi connectivity index (χ3v) is 6.92. The van der Waals surface area contributed by atoms with Crippen LogP contribution in [0.15, 0.2) is 79.3 Å². The van der Waals surface area contributed by atoms with Gasteiger partial charge >= 0.3 is 5.97 Å². The van der Waals surface area contributed by atoms with Crippen LogP contribution >= 0.6 is 12.4 Å². The van der Waals surface area contributed by atoms with Gasteiger partial charge in [-0.25, -0.2) is 14.8 Å². The van der Waals surface area contributed by atoms with E-state index in [2.05, 4.69) is 62.0 Å². The van der Waals surface area contributed by atoms with Gasteiger partial charge in [0, 0.05) is 12.7 Å². The Morgan fingerprint density at radius 1 is 1.02 bits per heavy atom. The van der Waals surface area contributed by atoms with Crippen LogP contribution in [0.3, 0.4) is 0 Å². The minimum atomic E-state index is -1.15. The van der Waals surface area contributed by atoms with Crippen LogP contribution in [-0.2, 0) is 11.3 Å². The Morgan fingerprint density at radius 3 is 2.40 bits per heavy atom. The van der Waals surface area contributed by atoms with Crippen LogP contribution in [0, 0.1) is 0 Å². The van der Waals surface area contributed by atoms with Crippen LogP contribution in [0.2, 0.25) is 0 Å². The molecule has 1 aliphatic heterocycles. The number of nitrogens with zero attached hydrogens (tertiary/aromatic N) is 2. The maximum atomic E-state index is 12.5. The van der Waals surface area contributed by atoms with Crippen molar-refractivity contribution in [2.24, 2.45) is 5.73 Å². The van der Waals surface area contributed by atoms with Crippen molar-refractivity contribution in [3.05, 3.63) is 107 Å². The second-order valence-electron chi connectivity index (χ2n) is 9.46. The lowest BCUT2D eigenvalue weighted by atomic mass is 10.1. The highest BCUT2D eigenvalue weighted by Crippen LogP contribution is 2.41. The SMILES string of the molecule is Cl.NC1c2ccccc2-c2ccccc21.O=C1COc2ccc(CNC(=O)c3ncnc4c(C(=O)O)c[nH]c34)cc2N1. The summed E-state index contributed by atoms with van der Waals surface area (Å²) in [5.41, 5.74) is 12.9. The van der Waals surface area contributed by atoms with Crippen molar-refractivity contribution in [2.45, 2.75) is 12.6 Å². The number of nitrogens with two attached hydrogens (primary N) is 1. The van der Waals surface area contributed by atoms with E-state index in [0.717, 1.165) is 11.9 Å². The molecule has 7 rings (SSSR count). The molecule has 2 aromatic heterocycles. The first-order valence-corrected chi connectivity index (χ1v) is 12.7. The fourth-order valence-corrected chi connectivity index (χ4v) is 4.98. The maximum Gasteiger partial charge on any atom is 0.339 e. The van der Waals surface area contributed by atoms with Crippen molar-refractivity contribution in [3.63, 3.8) is 0 Å². The fourth-order valence-electron chi connectivity index (χ4n) is 4.98. The number of aromatic amines is 1. The van der Waals surface area contributed by atoms with Crippen LogP contribution in [0.25, 0.3) is 22.2 Å². The number of rotatable bonds is 4. The van der Waals surface area contributed by atoms with E-state index in [1.165, 1.54) is 28.5 Å². The summed E-state index contributed by atoms with van der Waals surface area (Å²) in [7, 11) is 0. The van der Waals surface area contributed by atoms with E-state index >= 15 is 0 Å². The number of benzene rings is 3. The highest BCUT2D eigenvalue weighted by Gasteiger charge is 2.24. The molecule has 2 amide bonds. The second kappa shape index (κ2) is 11.7. The predicted octanol–water partition coefficient (Wildman–Crippen LogP) is 4.05. The quantitative estimate of drug-likeness (QED) is 0.210. The Kier molecular flexibility index (Phi) is 7.87. The second-order valence-corrected chi connectivity index (χ2v) is 9.46. The van der Waals surface area contributed by atoms with Gasteiger partial charge in [-0.3, -0.25) is 9.59 Å². The number of halogens is 1. The molecule has 0 saturated carbocycles. The molecular formula is C30H25ClN6O5. The van der Waals surface area contributed by atoms with Gasteiger partial charge in [0.05, 0.1) is 17.2 Å². The third kappa shape index (κ3) is 5.26. The zero-order valence-electron chi connectivity index (χ0n) is 22.0. The third-order valence-electron chi connectivity index (χ3n) is 6.92. The number of carboxylic acids is 1. The van der Waals surface area contributed by atoms with E-state index in [1.54, 1.807) is 18.2 Å². The van der Waals surface area contributed by atoms with Gasteiger partial charge in [-0.05, 0) is 39.9 Å². The molecule has 0 spiro atoms. The number of nitrogens with one attached hydrogen (secondary N) is 3. The highest BCUT2D eigenvalue weighted by molar-refractivity contribution is 6.08. The number of ether oxygens (including phenoxy) is 1. The normalized spacial score (nSPS) is 12.8. The largest absolute Gasteiger partial charge is 0.482 e. The Balaban J connectivity index is 0.000000197. The van der Waals surface area contributed by atoms with Crippen molar-refractivity contribution in [2.75, 3.05) is 11.9 Å². The van der Waals surface area contributed by atoms with Crippen molar-refractivity contribution in [3.8, 4) is 16.9 Å². The summed E-state index contributed by atoms with van der Waals surface area (Å²) in [6.45, 7) is 0.154. The number of aromatic nitrogens is 3. The van der Waals surface area contributed by atoms with E-state index in [1.807, 2.05) is 12.1 Å². The minimum absolute atomic E-state index is 0.